The molecule has 0 spiro atoms. The molecule has 0 amide bonds. The highest BCUT2D eigenvalue weighted by atomic mass is 31.2. The number of aliphatic hydroxyl groups excluding tert-OH is 2. The van der Waals surface area contributed by atoms with Crippen LogP contribution in [0.15, 0.2) is 182 Å². The highest BCUT2D eigenvalue weighted by Gasteiger charge is 2.29. The summed E-state index contributed by atoms with van der Waals surface area (Å²) in [4.78, 5) is 58.9. The van der Waals surface area contributed by atoms with Crippen molar-refractivity contribution in [1.82, 2.24) is 0 Å². The largest absolute Gasteiger partial charge is 0.472 e. The molecule has 0 rings (SSSR count). The molecule has 0 saturated carbocycles. The van der Waals surface area contributed by atoms with E-state index in [1.165, 1.54) is 122 Å². The van der Waals surface area contributed by atoms with Crippen molar-refractivity contribution in [3.05, 3.63) is 182 Å². The fourth-order valence-electron chi connectivity index (χ4n) is 11.5. The number of esters is 3. The van der Waals surface area contributed by atoms with E-state index in [9.17, 15) is 43.5 Å². The van der Waals surface area contributed by atoms with E-state index in [0.717, 1.165) is 154 Å². The summed E-state index contributed by atoms with van der Waals surface area (Å²) in [5.41, 5.74) is 0. The lowest BCUT2D eigenvalue weighted by Crippen LogP contribution is -2.30. The summed E-state index contributed by atoms with van der Waals surface area (Å²) in [7, 11) is -9.83. The normalized spacial score (nSPS) is 14.7. The lowest BCUT2D eigenvalue weighted by atomic mass is 10.0. The Morgan fingerprint density at radius 2 is 0.469 bits per heavy atom. The minimum Gasteiger partial charge on any atom is -0.463 e. The maximum atomic E-state index is 13.0. The Morgan fingerprint density at radius 3 is 0.761 bits per heavy atom. The number of carbonyl (C=O) groups excluding carboxylic acids is 3. The topological polar surface area (TPSA) is 231 Å². The first-order valence-corrected chi connectivity index (χ1v) is 47.1. The number of ether oxygens (including phenoxy) is 3. The van der Waals surface area contributed by atoms with Gasteiger partial charge in [0.15, 0.2) is 6.10 Å². The van der Waals surface area contributed by atoms with Crippen LogP contribution in [0, 0.1) is 0 Å². The number of carbonyl (C=O) groups is 3. The van der Waals surface area contributed by atoms with E-state index in [1.54, 1.807) is 0 Å². The van der Waals surface area contributed by atoms with Crippen molar-refractivity contribution in [1.29, 1.82) is 0 Å². The summed E-state index contributed by atoms with van der Waals surface area (Å²) in [6.07, 6.45) is 112. The average Bonchev–Trinajstić information content (AvgIpc) is 0.901. The number of aliphatic hydroxyl groups is 2. The molecule has 0 aliphatic heterocycles. The van der Waals surface area contributed by atoms with Gasteiger partial charge in [0.25, 0.3) is 0 Å². The van der Waals surface area contributed by atoms with Gasteiger partial charge in [-0.25, -0.2) is 9.13 Å². The molecule has 0 aromatic rings. The number of phosphoric ester groups is 2. The molecule has 0 aromatic carbocycles. The molecule has 5 unspecified atom stereocenters. The predicted molar refractivity (Wildman–Crippen MR) is 472 cm³/mol. The van der Waals surface area contributed by atoms with Gasteiger partial charge in [0.2, 0.25) is 0 Å². The van der Waals surface area contributed by atoms with Crippen LogP contribution in [0.5, 0.6) is 0 Å². The quantitative estimate of drug-likeness (QED) is 0.0146. The Hall–Kier alpha value is -5.35. The third-order valence-electron chi connectivity index (χ3n) is 18.1. The number of unbranched alkanes of at least 4 members (excludes halogenated alkanes) is 29. The summed E-state index contributed by atoms with van der Waals surface area (Å²) in [5.74, 6) is -1.63. The molecular weight excluding hydrogens is 1460 g/mol. The molecule has 0 radical (unpaired) electrons. The minimum absolute atomic E-state index is 0.0431. The number of allylic oxidation sites excluding steroid dienone is 30. The zero-order valence-electron chi connectivity index (χ0n) is 70.7. The Kier molecular flexibility index (Phi) is 81.9. The van der Waals surface area contributed by atoms with Crippen LogP contribution in [0.25, 0.3) is 0 Å². The fraction of sp³-hybridized carbons (Fsp3) is 0.653. The monoisotopic (exact) mass is 1620 g/mol. The van der Waals surface area contributed by atoms with Gasteiger partial charge in [-0.1, -0.05) is 344 Å². The Bertz CT molecular complexity index is 2780. The van der Waals surface area contributed by atoms with Gasteiger partial charge >= 0.3 is 33.6 Å². The zero-order chi connectivity index (χ0) is 82.2. The second-order valence-corrected chi connectivity index (χ2v) is 31.8. The van der Waals surface area contributed by atoms with E-state index in [-0.39, 0.29) is 19.3 Å². The van der Waals surface area contributed by atoms with Crippen LogP contribution in [-0.4, -0.2) is 95.9 Å². The van der Waals surface area contributed by atoms with Crippen molar-refractivity contribution in [3.8, 4) is 0 Å². The summed E-state index contributed by atoms with van der Waals surface area (Å²) in [6, 6.07) is 0. The molecule has 0 fully saturated rings. The summed E-state index contributed by atoms with van der Waals surface area (Å²) in [6.45, 7) is 2.39. The Balaban J connectivity index is 4.66. The van der Waals surface area contributed by atoms with Gasteiger partial charge in [-0.15, -0.1) is 0 Å². The number of hydrogen-bond donors (Lipinski definition) is 4. The van der Waals surface area contributed by atoms with Crippen LogP contribution in [-0.2, 0) is 55.8 Å². The number of hydrogen-bond acceptors (Lipinski definition) is 14. The molecule has 113 heavy (non-hydrogen) atoms. The first kappa shape index (κ1) is 108. The molecule has 5 atom stereocenters. The van der Waals surface area contributed by atoms with Crippen LogP contribution in [0.3, 0.4) is 0 Å². The molecule has 4 N–H and O–H groups in total. The van der Waals surface area contributed by atoms with Gasteiger partial charge in [-0.3, -0.25) is 32.5 Å². The van der Waals surface area contributed by atoms with Gasteiger partial charge in [0.05, 0.1) is 26.4 Å². The number of phosphoric acid groups is 2. The van der Waals surface area contributed by atoms with E-state index < -0.39 is 91.5 Å². The highest BCUT2D eigenvalue weighted by molar-refractivity contribution is 7.47. The van der Waals surface area contributed by atoms with Gasteiger partial charge in [-0.05, 0) is 161 Å². The van der Waals surface area contributed by atoms with E-state index in [4.69, 9.17) is 32.3 Å². The SMILES string of the molecule is CC/C=C\C/C=C\C/C=C\C/C=C\C/C=C\C/C=C\CCCCC(=O)OC(COC(=O)CCCCCCCCCCCCC/C=C\C/C=C\C/C=C\C/C=C\CCCCC)COP(=O)(O)OCC(O)COP(=O)(O)OCC(O)COC(=O)CCCCCCCCCCCCCCC/C=C\C/C=C\C/C=C\C/C=C\C/C=C\CC. The van der Waals surface area contributed by atoms with Gasteiger partial charge < -0.3 is 34.2 Å². The van der Waals surface area contributed by atoms with E-state index >= 15 is 0 Å². The standard InChI is InChI=1S/C95H158O16P2/c1-4-7-10-13-16-19-22-25-28-31-34-37-39-41-43-44-46-48-49-52-54-57-60-63-66-69-72-75-78-81-93(98)105-84-90(96)85-107-112(101,102)108-86-91(97)87-109-113(103,104)110-89-92(111-95(100)83-80-77-74-71-68-65-62-59-56-51-36-33-30-27-24-21-18-15-12-9-6-3)88-106-94(99)82-79-76-73-70-67-64-61-58-55-53-50-47-45-42-40-38-35-32-29-26-23-20-17-14-11-8-5-2/h7,9-10,12,16-21,25-30,34-38,41-43,45,51,59,62,68,71,90-92,96-97H,4-6,8,11,13-15,22-24,31-33,39-40,44,46-50,52-58,60-61,63-67,69-70,72-89H2,1-3H3,(H,101,102)(H,103,104)/b10-7-,12-9-,19-16-,20-17-,21-18-,28-25-,29-26-,30-27-,37-34-,38-35-,43-41-,45-42-,51-36-,62-59-,71-68-. The molecule has 0 aliphatic carbocycles. The molecule has 0 saturated heterocycles. The van der Waals surface area contributed by atoms with Gasteiger partial charge in [-0.2, -0.15) is 0 Å². The van der Waals surface area contributed by atoms with E-state index in [2.05, 4.69) is 203 Å². The number of rotatable bonds is 82. The predicted octanol–water partition coefficient (Wildman–Crippen LogP) is 26.9. The average molecular weight is 1620 g/mol. The molecular formula is C95H158O16P2. The fourth-order valence-corrected chi connectivity index (χ4v) is 13.1. The minimum atomic E-state index is -4.96. The van der Waals surface area contributed by atoms with Crippen LogP contribution in [0.4, 0.5) is 0 Å². The Labute approximate surface area is 687 Å². The van der Waals surface area contributed by atoms with Crippen LogP contribution >= 0.6 is 15.6 Å². The molecule has 0 aromatic heterocycles. The summed E-state index contributed by atoms with van der Waals surface area (Å²) < 4.78 is 61.3. The molecule has 0 bridgehead atoms. The van der Waals surface area contributed by atoms with E-state index in [1.807, 2.05) is 0 Å². The van der Waals surface area contributed by atoms with Crippen molar-refractivity contribution in [2.45, 2.75) is 360 Å². The lowest BCUT2D eigenvalue weighted by Gasteiger charge is -2.21. The van der Waals surface area contributed by atoms with Gasteiger partial charge in [0.1, 0.15) is 25.4 Å². The second-order valence-electron chi connectivity index (χ2n) is 28.9. The third-order valence-corrected chi connectivity index (χ3v) is 20.0. The molecule has 0 aliphatic rings. The molecule has 644 valence electrons. The zero-order valence-corrected chi connectivity index (χ0v) is 72.5. The van der Waals surface area contributed by atoms with Gasteiger partial charge in [0, 0.05) is 19.3 Å². The Morgan fingerprint density at radius 1 is 0.257 bits per heavy atom. The van der Waals surface area contributed by atoms with Crippen LogP contribution in [0.1, 0.15) is 342 Å². The molecule has 16 nitrogen and oxygen atoms in total. The van der Waals surface area contributed by atoms with E-state index in [0.29, 0.717) is 25.7 Å². The summed E-state index contributed by atoms with van der Waals surface area (Å²) in [5, 5.41) is 20.7. The first-order valence-electron chi connectivity index (χ1n) is 44.1. The van der Waals surface area contributed by atoms with Crippen molar-refractivity contribution in [3.63, 3.8) is 0 Å². The lowest BCUT2D eigenvalue weighted by molar-refractivity contribution is -0.161. The molecule has 0 heterocycles. The maximum absolute atomic E-state index is 13.0. The highest BCUT2D eigenvalue weighted by Crippen LogP contribution is 2.45. The third kappa shape index (κ3) is 87.3. The summed E-state index contributed by atoms with van der Waals surface area (Å²) >= 11 is 0. The van der Waals surface area contributed by atoms with Crippen molar-refractivity contribution in [2.75, 3.05) is 39.6 Å². The van der Waals surface area contributed by atoms with Crippen molar-refractivity contribution >= 4 is 33.6 Å². The van der Waals surface area contributed by atoms with Crippen molar-refractivity contribution in [2.24, 2.45) is 0 Å². The smallest absolute Gasteiger partial charge is 0.463 e. The second kappa shape index (κ2) is 86.0. The first-order chi connectivity index (χ1) is 55.2. The molecule has 18 heteroatoms. The maximum Gasteiger partial charge on any atom is 0.472 e. The van der Waals surface area contributed by atoms with Crippen molar-refractivity contribution < 1.29 is 75.8 Å². The van der Waals surface area contributed by atoms with Crippen LogP contribution < -0.4 is 0 Å². The van der Waals surface area contributed by atoms with Crippen LogP contribution in [0.2, 0.25) is 0 Å².